The summed E-state index contributed by atoms with van der Waals surface area (Å²) in [6, 6.07) is 4.53. The normalized spacial score (nSPS) is 27.5. The molecule has 0 amide bonds. The highest BCUT2D eigenvalue weighted by molar-refractivity contribution is 5.89. The van der Waals surface area contributed by atoms with Gasteiger partial charge < -0.3 is 9.88 Å². The quantitative estimate of drug-likeness (QED) is 0.859. The summed E-state index contributed by atoms with van der Waals surface area (Å²) >= 11 is 0. The van der Waals surface area contributed by atoms with Gasteiger partial charge in [0.25, 0.3) is 0 Å². The van der Waals surface area contributed by atoms with E-state index in [1.807, 2.05) is 7.05 Å². The molecular formula is C19H22F3N2. The molecule has 2 aromatic rings. The molecule has 3 atom stereocenters. The molecule has 24 heavy (non-hydrogen) atoms. The summed E-state index contributed by atoms with van der Waals surface area (Å²) in [4.78, 5) is 5.47. The van der Waals surface area contributed by atoms with Crippen LogP contribution in [0.4, 0.5) is 13.2 Å². The molecule has 1 radical (unpaired) electrons. The van der Waals surface area contributed by atoms with E-state index in [2.05, 4.69) is 35.1 Å². The first kappa shape index (κ1) is 16.0. The van der Waals surface area contributed by atoms with E-state index in [9.17, 15) is 13.2 Å². The first-order valence-electron chi connectivity index (χ1n) is 8.62. The minimum absolute atomic E-state index is 0.175. The number of aromatic amines is 1. The van der Waals surface area contributed by atoms with E-state index in [4.69, 9.17) is 0 Å². The van der Waals surface area contributed by atoms with Crippen molar-refractivity contribution in [3.8, 4) is 0 Å². The van der Waals surface area contributed by atoms with Gasteiger partial charge in [0, 0.05) is 35.6 Å². The molecule has 129 valence electrons. The lowest BCUT2D eigenvalue weighted by Gasteiger charge is -2.46. The summed E-state index contributed by atoms with van der Waals surface area (Å²) in [5, 5.41) is 1.26. The number of benzene rings is 1. The third-order valence-electron chi connectivity index (χ3n) is 5.77. The summed E-state index contributed by atoms with van der Waals surface area (Å²) in [5.74, 6) is -0.258. The molecule has 0 spiro atoms. The van der Waals surface area contributed by atoms with Crippen molar-refractivity contribution in [2.75, 3.05) is 13.6 Å². The first-order chi connectivity index (χ1) is 11.4. The van der Waals surface area contributed by atoms with Gasteiger partial charge in [-0.05, 0) is 55.0 Å². The number of fused-ring (bicyclic) bond motifs is 2. The van der Waals surface area contributed by atoms with Crippen molar-refractivity contribution >= 4 is 10.9 Å². The number of nitrogens with one attached hydrogen (secondary N) is 1. The number of piperidine rings is 1. The van der Waals surface area contributed by atoms with Crippen LogP contribution in [0, 0.1) is 12.3 Å². The fourth-order valence-corrected chi connectivity index (χ4v) is 4.85. The molecule has 2 aliphatic rings. The zero-order valence-corrected chi connectivity index (χ0v) is 14.0. The predicted octanol–water partition coefficient (Wildman–Crippen LogP) is 4.46. The first-order valence-corrected chi connectivity index (χ1v) is 8.62. The minimum Gasteiger partial charge on any atom is -0.361 e. The highest BCUT2D eigenvalue weighted by Crippen LogP contribution is 2.47. The molecule has 1 N–H and O–H groups in total. The van der Waals surface area contributed by atoms with Crippen LogP contribution in [0.25, 0.3) is 10.9 Å². The molecule has 0 unspecified atom stereocenters. The van der Waals surface area contributed by atoms with Crippen molar-refractivity contribution in [2.45, 2.75) is 44.3 Å². The minimum atomic E-state index is -4.20. The van der Waals surface area contributed by atoms with Gasteiger partial charge in [0.05, 0.1) is 6.42 Å². The van der Waals surface area contributed by atoms with Crippen LogP contribution in [-0.2, 0) is 12.8 Å². The fraction of sp³-hybridized carbons (Fsp3) is 0.526. The summed E-state index contributed by atoms with van der Waals surface area (Å²) in [5.41, 5.74) is 4.98. The Morgan fingerprint density at radius 1 is 1.33 bits per heavy atom. The van der Waals surface area contributed by atoms with Crippen LogP contribution in [0.3, 0.4) is 0 Å². The average Bonchev–Trinajstić information content (AvgIpc) is 2.91. The molecule has 1 aliphatic heterocycles. The van der Waals surface area contributed by atoms with Crippen LogP contribution >= 0.6 is 0 Å². The lowest BCUT2D eigenvalue weighted by Crippen LogP contribution is -2.49. The monoisotopic (exact) mass is 335 g/mol. The summed E-state index contributed by atoms with van der Waals surface area (Å²) in [6.07, 6.45) is 0.886. The van der Waals surface area contributed by atoms with Crippen molar-refractivity contribution in [1.29, 1.82) is 0 Å². The van der Waals surface area contributed by atoms with Crippen LogP contribution in [0.15, 0.2) is 18.3 Å². The van der Waals surface area contributed by atoms with E-state index in [1.165, 1.54) is 22.1 Å². The Bertz CT molecular complexity index is 762. The molecule has 0 bridgehead atoms. The SMILES string of the molecule is CCc1ccc2[nH]cc3c2c1[C@H]1C[C@H]([CH]C(F)(F)F)CN(C)[C@@H]1C3. The maximum atomic E-state index is 12.9. The van der Waals surface area contributed by atoms with E-state index in [-0.39, 0.29) is 5.92 Å². The Morgan fingerprint density at radius 2 is 2.12 bits per heavy atom. The summed E-state index contributed by atoms with van der Waals surface area (Å²) in [7, 11) is 1.97. The Morgan fingerprint density at radius 3 is 2.83 bits per heavy atom. The second-order valence-electron chi connectivity index (χ2n) is 7.25. The van der Waals surface area contributed by atoms with Crippen LogP contribution in [0.2, 0.25) is 0 Å². The number of H-pyrrole nitrogens is 1. The fourth-order valence-electron chi connectivity index (χ4n) is 4.85. The summed E-state index contributed by atoms with van der Waals surface area (Å²) < 4.78 is 38.6. The van der Waals surface area contributed by atoms with Crippen molar-refractivity contribution < 1.29 is 13.2 Å². The molecule has 1 saturated heterocycles. The number of hydrogen-bond acceptors (Lipinski definition) is 1. The molecule has 1 aliphatic carbocycles. The third-order valence-corrected chi connectivity index (χ3v) is 5.77. The second kappa shape index (κ2) is 5.51. The van der Waals surface area contributed by atoms with Crippen molar-refractivity contribution in [3.63, 3.8) is 0 Å². The number of alkyl halides is 3. The van der Waals surface area contributed by atoms with Crippen LogP contribution in [0.1, 0.15) is 36.0 Å². The summed E-state index contributed by atoms with van der Waals surface area (Å²) in [6.45, 7) is 2.61. The lowest BCUT2D eigenvalue weighted by atomic mass is 9.70. The average molecular weight is 335 g/mol. The standard InChI is InChI=1S/C19H22F3N2/c1-3-12-4-5-15-18-13(9-23-15)7-16-14(17(12)18)6-11(10-24(16)2)8-19(20,21)22/h4-5,8-9,11,14,16,23H,3,6-7,10H2,1-2H3/t11-,14+,16-/m1/s1. The highest BCUT2D eigenvalue weighted by atomic mass is 19.4. The van der Waals surface area contributed by atoms with Crippen LogP contribution < -0.4 is 0 Å². The van der Waals surface area contributed by atoms with Crippen molar-refractivity contribution in [1.82, 2.24) is 9.88 Å². The molecule has 1 aromatic heterocycles. The number of halogens is 3. The van der Waals surface area contributed by atoms with Crippen LogP contribution in [-0.4, -0.2) is 35.7 Å². The number of aryl methyl sites for hydroxylation is 1. The van der Waals surface area contributed by atoms with Gasteiger partial charge in [-0.1, -0.05) is 13.0 Å². The molecular weight excluding hydrogens is 313 g/mol. The number of rotatable bonds is 2. The topological polar surface area (TPSA) is 19.0 Å². The van der Waals surface area contributed by atoms with Gasteiger partial charge in [-0.25, -0.2) is 0 Å². The second-order valence-corrected chi connectivity index (χ2v) is 7.25. The Balaban J connectivity index is 1.78. The largest absolute Gasteiger partial charge is 0.392 e. The number of likely N-dealkylation sites (tertiary alicyclic amines) is 1. The number of hydrogen-bond donors (Lipinski definition) is 1. The lowest BCUT2D eigenvalue weighted by molar-refractivity contribution is -0.108. The van der Waals surface area contributed by atoms with E-state index >= 15 is 0 Å². The third kappa shape index (κ3) is 2.53. The molecule has 0 saturated carbocycles. The maximum absolute atomic E-state index is 12.9. The molecule has 1 fully saturated rings. The molecule has 4 rings (SSSR count). The van der Waals surface area contributed by atoms with Crippen molar-refractivity contribution in [3.05, 3.63) is 41.4 Å². The Hall–Kier alpha value is -1.49. The van der Waals surface area contributed by atoms with Gasteiger partial charge in [0.15, 0.2) is 0 Å². The number of nitrogens with zero attached hydrogens (tertiary/aromatic N) is 1. The van der Waals surface area contributed by atoms with Gasteiger partial charge in [-0.15, -0.1) is 0 Å². The molecule has 1 aromatic carbocycles. The van der Waals surface area contributed by atoms with E-state index in [0.717, 1.165) is 18.4 Å². The van der Waals surface area contributed by atoms with Gasteiger partial charge in [0.1, 0.15) is 0 Å². The highest BCUT2D eigenvalue weighted by Gasteiger charge is 2.43. The Kier molecular flexibility index (Phi) is 3.68. The zero-order valence-electron chi connectivity index (χ0n) is 14.0. The number of likely N-dealkylation sites (N-methyl/N-ethyl adjacent to an activating group) is 1. The van der Waals surface area contributed by atoms with Crippen LogP contribution in [0.5, 0.6) is 0 Å². The molecule has 5 heteroatoms. The Labute approximate surface area is 140 Å². The van der Waals surface area contributed by atoms with Gasteiger partial charge >= 0.3 is 6.18 Å². The van der Waals surface area contributed by atoms with Gasteiger partial charge in [-0.2, -0.15) is 13.2 Å². The van der Waals surface area contributed by atoms with Gasteiger partial charge in [0.2, 0.25) is 0 Å². The molecule has 2 heterocycles. The van der Waals surface area contributed by atoms with Gasteiger partial charge in [-0.3, -0.25) is 0 Å². The predicted molar refractivity (Wildman–Crippen MR) is 89.0 cm³/mol. The number of aromatic nitrogens is 1. The van der Waals surface area contributed by atoms with Crippen molar-refractivity contribution in [2.24, 2.45) is 5.92 Å². The maximum Gasteiger partial charge on any atom is 0.392 e. The van der Waals surface area contributed by atoms with E-state index in [0.29, 0.717) is 25.4 Å². The van der Waals surface area contributed by atoms with E-state index < -0.39 is 12.1 Å². The smallest absolute Gasteiger partial charge is 0.361 e. The molecule has 2 nitrogen and oxygen atoms in total. The zero-order chi connectivity index (χ0) is 17.1. The van der Waals surface area contributed by atoms with E-state index in [1.54, 1.807) is 0 Å².